The van der Waals surface area contributed by atoms with Crippen LogP contribution in [0.4, 0.5) is 0 Å². The lowest BCUT2D eigenvalue weighted by molar-refractivity contribution is -0.141. The zero-order valence-electron chi connectivity index (χ0n) is 13.4. The van der Waals surface area contributed by atoms with Crippen LogP contribution in [-0.2, 0) is 22.6 Å². The maximum absolute atomic E-state index is 12.7. The van der Waals surface area contributed by atoms with Crippen LogP contribution in [0, 0.1) is 0 Å². The zero-order chi connectivity index (χ0) is 17.5. The molecule has 1 amide bonds. The molecule has 126 valence electrons. The summed E-state index contributed by atoms with van der Waals surface area (Å²) in [7, 11) is 1.29. The number of halogens is 1. The van der Waals surface area contributed by atoms with E-state index >= 15 is 0 Å². The van der Waals surface area contributed by atoms with Crippen LogP contribution in [0.25, 0.3) is 0 Å². The van der Waals surface area contributed by atoms with Crippen molar-refractivity contribution in [2.75, 3.05) is 13.7 Å². The van der Waals surface area contributed by atoms with Gasteiger partial charge in [0.2, 0.25) is 0 Å². The molecular weight excluding hydrogens is 328 g/mol. The molecule has 0 unspecified atom stereocenters. The third kappa shape index (κ3) is 4.81. The first-order chi connectivity index (χ1) is 11.5. The van der Waals surface area contributed by atoms with Gasteiger partial charge in [-0.1, -0.05) is 35.9 Å². The monoisotopic (exact) mass is 346 g/mol. The second kappa shape index (κ2) is 8.47. The minimum Gasteiger partial charge on any atom is -0.468 e. The maximum Gasteiger partial charge on any atom is 0.325 e. The van der Waals surface area contributed by atoms with Crippen LogP contribution in [0.3, 0.4) is 0 Å². The largest absolute Gasteiger partial charge is 0.468 e. The van der Waals surface area contributed by atoms with Crippen molar-refractivity contribution in [1.82, 2.24) is 4.90 Å². The Morgan fingerprint density at radius 1 is 1.04 bits per heavy atom. The van der Waals surface area contributed by atoms with Gasteiger partial charge in [0.05, 0.1) is 7.11 Å². The van der Waals surface area contributed by atoms with Gasteiger partial charge in [0, 0.05) is 23.7 Å². The summed E-state index contributed by atoms with van der Waals surface area (Å²) in [6.45, 7) is 0.561. The number of rotatable bonds is 6. The topological polar surface area (TPSA) is 72.6 Å². The third-order valence-electron chi connectivity index (χ3n) is 3.56. The number of esters is 1. The van der Waals surface area contributed by atoms with Crippen molar-refractivity contribution in [3.8, 4) is 0 Å². The first-order valence-corrected chi connectivity index (χ1v) is 7.81. The molecule has 2 rings (SSSR count). The van der Waals surface area contributed by atoms with E-state index in [9.17, 15) is 9.59 Å². The molecule has 0 radical (unpaired) electrons. The smallest absolute Gasteiger partial charge is 0.325 e. The van der Waals surface area contributed by atoms with Crippen LogP contribution in [0.2, 0.25) is 5.02 Å². The first-order valence-electron chi connectivity index (χ1n) is 7.43. The van der Waals surface area contributed by atoms with E-state index in [1.54, 1.807) is 36.4 Å². The third-order valence-corrected chi connectivity index (χ3v) is 3.81. The van der Waals surface area contributed by atoms with Crippen molar-refractivity contribution < 1.29 is 14.3 Å². The summed E-state index contributed by atoms with van der Waals surface area (Å²) in [5.74, 6) is -0.727. The molecule has 0 aliphatic rings. The Kier molecular flexibility index (Phi) is 6.35. The molecule has 6 heteroatoms. The average molecular weight is 347 g/mol. The second-order valence-corrected chi connectivity index (χ2v) is 5.70. The first kappa shape index (κ1) is 18.0. The fourth-order valence-corrected chi connectivity index (χ4v) is 2.32. The Bertz CT molecular complexity index is 699. The molecule has 0 aliphatic heterocycles. The Morgan fingerprint density at radius 2 is 1.62 bits per heavy atom. The summed E-state index contributed by atoms with van der Waals surface area (Å²) in [5, 5.41) is 0.613. The SMILES string of the molecule is COC(=O)CN(Cc1ccc(Cl)cc1)C(=O)c1ccc(CN)cc1. The van der Waals surface area contributed by atoms with Crippen molar-refractivity contribution in [2.45, 2.75) is 13.1 Å². The summed E-state index contributed by atoms with van der Waals surface area (Å²) >= 11 is 5.88. The number of benzene rings is 2. The number of methoxy groups -OCH3 is 1. The summed E-state index contributed by atoms with van der Waals surface area (Å²) in [6, 6.07) is 14.1. The Labute approximate surface area is 146 Å². The van der Waals surface area contributed by atoms with E-state index in [2.05, 4.69) is 4.74 Å². The fraction of sp³-hybridized carbons (Fsp3) is 0.222. The van der Waals surface area contributed by atoms with E-state index in [0.29, 0.717) is 17.1 Å². The lowest BCUT2D eigenvalue weighted by Crippen LogP contribution is -2.35. The summed E-state index contributed by atoms with van der Waals surface area (Å²) in [4.78, 5) is 25.8. The second-order valence-electron chi connectivity index (χ2n) is 5.26. The van der Waals surface area contributed by atoms with E-state index in [4.69, 9.17) is 17.3 Å². The summed E-state index contributed by atoms with van der Waals surface area (Å²) in [6.07, 6.45) is 0. The Balaban J connectivity index is 2.21. The highest BCUT2D eigenvalue weighted by Gasteiger charge is 2.19. The van der Waals surface area contributed by atoms with Crippen LogP contribution in [0.15, 0.2) is 48.5 Å². The zero-order valence-corrected chi connectivity index (χ0v) is 14.1. The van der Waals surface area contributed by atoms with Crippen LogP contribution >= 0.6 is 11.6 Å². The molecule has 2 aromatic rings. The molecule has 0 heterocycles. The van der Waals surface area contributed by atoms with E-state index in [1.807, 2.05) is 12.1 Å². The van der Waals surface area contributed by atoms with Crippen LogP contribution in [0.1, 0.15) is 21.5 Å². The number of nitrogens with zero attached hydrogens (tertiary/aromatic N) is 1. The van der Waals surface area contributed by atoms with Gasteiger partial charge in [-0.2, -0.15) is 0 Å². The molecule has 0 atom stereocenters. The van der Waals surface area contributed by atoms with Gasteiger partial charge in [0.1, 0.15) is 6.54 Å². The number of carbonyl (C=O) groups is 2. The molecule has 0 spiro atoms. The highest BCUT2D eigenvalue weighted by molar-refractivity contribution is 6.30. The van der Waals surface area contributed by atoms with Crippen molar-refractivity contribution in [1.29, 1.82) is 0 Å². The standard InChI is InChI=1S/C18H19ClN2O3/c1-24-17(22)12-21(11-14-4-8-16(19)9-5-14)18(23)15-6-2-13(10-20)3-7-15/h2-9H,10-12,20H2,1H3. The number of amides is 1. The van der Waals surface area contributed by atoms with Crippen molar-refractivity contribution in [2.24, 2.45) is 5.73 Å². The number of nitrogens with two attached hydrogens (primary N) is 1. The van der Waals surface area contributed by atoms with E-state index in [1.165, 1.54) is 12.0 Å². The van der Waals surface area contributed by atoms with Gasteiger partial charge in [-0.15, -0.1) is 0 Å². The molecule has 0 aliphatic carbocycles. The Hall–Kier alpha value is -2.37. The van der Waals surface area contributed by atoms with Crippen LogP contribution < -0.4 is 5.73 Å². The molecule has 2 N–H and O–H groups in total. The van der Waals surface area contributed by atoms with Gasteiger partial charge in [-0.05, 0) is 35.4 Å². The predicted octanol–water partition coefficient (Wildman–Crippen LogP) is 2.61. The lowest BCUT2D eigenvalue weighted by atomic mass is 10.1. The lowest BCUT2D eigenvalue weighted by Gasteiger charge is -2.22. The molecule has 2 aromatic carbocycles. The minimum atomic E-state index is -0.476. The van der Waals surface area contributed by atoms with Gasteiger partial charge >= 0.3 is 5.97 Å². The van der Waals surface area contributed by atoms with Gasteiger partial charge in [0.25, 0.3) is 5.91 Å². The van der Waals surface area contributed by atoms with E-state index in [-0.39, 0.29) is 19.0 Å². The van der Waals surface area contributed by atoms with Crippen molar-refractivity contribution in [3.63, 3.8) is 0 Å². The van der Waals surface area contributed by atoms with Crippen molar-refractivity contribution in [3.05, 3.63) is 70.2 Å². The van der Waals surface area contributed by atoms with Crippen LogP contribution in [0.5, 0.6) is 0 Å². The van der Waals surface area contributed by atoms with Gasteiger partial charge in [-0.3, -0.25) is 9.59 Å². The number of carbonyl (C=O) groups excluding carboxylic acids is 2. The number of hydrogen-bond acceptors (Lipinski definition) is 4. The number of ether oxygens (including phenoxy) is 1. The summed E-state index contributed by atoms with van der Waals surface area (Å²) < 4.78 is 4.69. The fourth-order valence-electron chi connectivity index (χ4n) is 2.20. The molecule has 0 saturated heterocycles. The Morgan fingerprint density at radius 3 is 2.17 bits per heavy atom. The van der Waals surface area contributed by atoms with Crippen molar-refractivity contribution >= 4 is 23.5 Å². The molecule has 0 aromatic heterocycles. The van der Waals surface area contributed by atoms with Crippen LogP contribution in [-0.4, -0.2) is 30.4 Å². The van der Waals surface area contributed by atoms with Gasteiger partial charge < -0.3 is 15.4 Å². The molecule has 24 heavy (non-hydrogen) atoms. The maximum atomic E-state index is 12.7. The molecule has 5 nitrogen and oxygen atoms in total. The molecular formula is C18H19ClN2O3. The molecule has 0 saturated carbocycles. The normalized spacial score (nSPS) is 10.3. The van der Waals surface area contributed by atoms with E-state index < -0.39 is 5.97 Å². The van der Waals surface area contributed by atoms with E-state index in [0.717, 1.165) is 11.1 Å². The van der Waals surface area contributed by atoms with Gasteiger partial charge in [-0.25, -0.2) is 0 Å². The highest BCUT2D eigenvalue weighted by Crippen LogP contribution is 2.14. The molecule has 0 bridgehead atoms. The minimum absolute atomic E-state index is 0.128. The summed E-state index contributed by atoms with van der Waals surface area (Å²) in [5.41, 5.74) is 7.86. The van der Waals surface area contributed by atoms with Gasteiger partial charge in [0.15, 0.2) is 0 Å². The highest BCUT2D eigenvalue weighted by atomic mass is 35.5. The molecule has 0 fully saturated rings. The predicted molar refractivity (Wildman–Crippen MR) is 92.5 cm³/mol. The average Bonchev–Trinajstić information content (AvgIpc) is 2.62. The number of hydrogen-bond donors (Lipinski definition) is 1. The quantitative estimate of drug-likeness (QED) is 0.816.